The first-order chi connectivity index (χ1) is 11.1. The Kier molecular flexibility index (Phi) is 4.99. The minimum Gasteiger partial charge on any atom is -0.359 e. The lowest BCUT2D eigenvalue weighted by Gasteiger charge is -2.47. The van der Waals surface area contributed by atoms with E-state index in [-0.39, 0.29) is 17.6 Å². The number of morpholine rings is 1. The smallest absolute Gasteiger partial charge is 0.253 e. The molecule has 0 aliphatic carbocycles. The molecule has 126 valence electrons. The van der Waals surface area contributed by atoms with Crippen LogP contribution < -0.4 is 5.32 Å². The largest absolute Gasteiger partial charge is 0.359 e. The molecule has 2 fully saturated rings. The topological polar surface area (TPSA) is 44.8 Å². The molecule has 3 rings (SSSR count). The number of carbonyl (C=O) groups is 1. The average Bonchev–Trinajstić information content (AvgIpc) is 2.55. The Hall–Kier alpha value is -1.43. The molecule has 1 unspecified atom stereocenters. The van der Waals surface area contributed by atoms with E-state index in [2.05, 4.69) is 17.3 Å². The van der Waals surface area contributed by atoms with Crippen molar-refractivity contribution in [1.29, 1.82) is 0 Å². The van der Waals surface area contributed by atoms with E-state index < -0.39 is 0 Å². The van der Waals surface area contributed by atoms with Gasteiger partial charge in [0.25, 0.3) is 5.91 Å². The van der Waals surface area contributed by atoms with E-state index in [1.807, 2.05) is 37.4 Å². The van der Waals surface area contributed by atoms with Crippen molar-refractivity contribution in [3.05, 3.63) is 35.9 Å². The number of hydrogen-bond acceptors (Lipinski definition) is 4. The second kappa shape index (κ2) is 6.99. The molecule has 1 atom stereocenters. The van der Waals surface area contributed by atoms with Gasteiger partial charge in [-0.25, -0.2) is 0 Å². The van der Waals surface area contributed by atoms with Crippen LogP contribution in [0.2, 0.25) is 0 Å². The molecule has 2 aliphatic heterocycles. The number of amides is 1. The van der Waals surface area contributed by atoms with Gasteiger partial charge in [0.15, 0.2) is 0 Å². The summed E-state index contributed by atoms with van der Waals surface area (Å²) in [7, 11) is 3.95. The quantitative estimate of drug-likeness (QED) is 0.907. The third-order valence-corrected chi connectivity index (χ3v) is 4.86. The van der Waals surface area contributed by atoms with Crippen LogP contribution in [0.5, 0.6) is 0 Å². The molecule has 0 saturated carbocycles. The van der Waals surface area contributed by atoms with E-state index in [0.717, 1.165) is 38.0 Å². The molecular weight excluding hydrogens is 290 g/mol. The average molecular weight is 317 g/mol. The molecule has 2 aliphatic rings. The second-order valence-corrected chi connectivity index (χ2v) is 6.92. The van der Waals surface area contributed by atoms with Gasteiger partial charge in [-0.1, -0.05) is 30.3 Å². The van der Waals surface area contributed by atoms with Crippen LogP contribution in [-0.2, 0) is 16.1 Å². The van der Waals surface area contributed by atoms with Crippen LogP contribution in [0.1, 0.15) is 18.4 Å². The van der Waals surface area contributed by atoms with E-state index >= 15 is 0 Å². The zero-order valence-electron chi connectivity index (χ0n) is 14.1. The first-order valence-electron chi connectivity index (χ1n) is 8.44. The zero-order chi connectivity index (χ0) is 16.3. The fraction of sp³-hybridized carbons (Fsp3) is 0.611. The Morgan fingerprint density at radius 3 is 2.74 bits per heavy atom. The highest BCUT2D eigenvalue weighted by Gasteiger charge is 2.43. The lowest BCUT2D eigenvalue weighted by molar-refractivity contribution is -0.183. The molecule has 0 radical (unpaired) electrons. The highest BCUT2D eigenvalue weighted by molar-refractivity contribution is 5.81. The van der Waals surface area contributed by atoms with Gasteiger partial charge < -0.3 is 19.9 Å². The second-order valence-electron chi connectivity index (χ2n) is 6.92. The number of hydrogen-bond donors (Lipinski definition) is 1. The van der Waals surface area contributed by atoms with E-state index in [4.69, 9.17) is 4.74 Å². The van der Waals surface area contributed by atoms with Gasteiger partial charge in [0.2, 0.25) is 0 Å². The van der Waals surface area contributed by atoms with Crippen LogP contribution in [0.3, 0.4) is 0 Å². The molecule has 0 aromatic heterocycles. The number of nitrogens with zero attached hydrogens (tertiary/aromatic N) is 2. The van der Waals surface area contributed by atoms with Crippen molar-refractivity contribution in [3.8, 4) is 0 Å². The van der Waals surface area contributed by atoms with Crippen LogP contribution in [0.4, 0.5) is 0 Å². The van der Waals surface area contributed by atoms with Gasteiger partial charge in [-0.05, 0) is 38.5 Å². The fourth-order valence-electron chi connectivity index (χ4n) is 3.68. The van der Waals surface area contributed by atoms with Crippen molar-refractivity contribution >= 4 is 5.91 Å². The lowest BCUT2D eigenvalue weighted by atomic mass is 9.89. The SMILES string of the molecule is CN1CC(C(=O)N(C)Cc2ccccc2)OC2(CCNCC2)C1. The maximum atomic E-state index is 12.8. The standard InChI is InChI=1S/C18H27N3O2/c1-20-13-16(23-18(14-20)8-10-19-11-9-18)17(22)21(2)12-15-6-4-3-5-7-15/h3-7,16,19H,8-14H2,1-2H3. The van der Waals surface area contributed by atoms with Crippen molar-refractivity contribution in [2.24, 2.45) is 0 Å². The highest BCUT2D eigenvalue weighted by atomic mass is 16.5. The Morgan fingerprint density at radius 2 is 2.04 bits per heavy atom. The van der Waals surface area contributed by atoms with Crippen LogP contribution in [0.15, 0.2) is 30.3 Å². The summed E-state index contributed by atoms with van der Waals surface area (Å²) in [5.74, 6) is 0.0818. The van der Waals surface area contributed by atoms with Gasteiger partial charge in [0, 0.05) is 26.7 Å². The summed E-state index contributed by atoms with van der Waals surface area (Å²) in [5.41, 5.74) is 0.982. The van der Waals surface area contributed by atoms with Gasteiger partial charge in [0.05, 0.1) is 5.60 Å². The molecule has 0 bridgehead atoms. The van der Waals surface area contributed by atoms with Crippen molar-refractivity contribution in [2.45, 2.75) is 31.1 Å². The Morgan fingerprint density at radius 1 is 1.35 bits per heavy atom. The van der Waals surface area contributed by atoms with Gasteiger partial charge in [-0.15, -0.1) is 0 Å². The third kappa shape index (κ3) is 3.91. The van der Waals surface area contributed by atoms with Crippen molar-refractivity contribution in [3.63, 3.8) is 0 Å². The van der Waals surface area contributed by atoms with Gasteiger partial charge in [-0.2, -0.15) is 0 Å². The molecular formula is C18H27N3O2. The number of carbonyl (C=O) groups excluding carboxylic acids is 1. The number of nitrogens with one attached hydrogen (secondary N) is 1. The molecule has 1 aromatic rings. The summed E-state index contributed by atoms with van der Waals surface area (Å²) >= 11 is 0. The van der Waals surface area contributed by atoms with Crippen molar-refractivity contribution < 1.29 is 9.53 Å². The number of likely N-dealkylation sites (N-methyl/N-ethyl adjacent to an activating group) is 2. The predicted octanol–water partition coefficient (Wildman–Crippen LogP) is 1.10. The Labute approximate surface area is 138 Å². The molecule has 1 amide bonds. The molecule has 23 heavy (non-hydrogen) atoms. The fourth-order valence-corrected chi connectivity index (χ4v) is 3.68. The van der Waals surface area contributed by atoms with Crippen LogP contribution in [0.25, 0.3) is 0 Å². The van der Waals surface area contributed by atoms with Gasteiger partial charge in [-0.3, -0.25) is 4.79 Å². The molecule has 1 aromatic carbocycles. The summed E-state index contributed by atoms with van der Waals surface area (Å²) < 4.78 is 6.33. The Bertz CT molecular complexity index is 528. The van der Waals surface area contributed by atoms with E-state index in [1.165, 1.54) is 0 Å². The normalized spacial score (nSPS) is 24.5. The summed E-state index contributed by atoms with van der Waals surface area (Å²) in [6.07, 6.45) is 1.59. The van der Waals surface area contributed by atoms with Crippen molar-refractivity contribution in [2.75, 3.05) is 40.3 Å². The van der Waals surface area contributed by atoms with Crippen LogP contribution in [0, 0.1) is 0 Å². The maximum Gasteiger partial charge on any atom is 0.253 e. The minimum atomic E-state index is -0.361. The summed E-state index contributed by atoms with van der Waals surface area (Å²) in [6, 6.07) is 10.1. The highest BCUT2D eigenvalue weighted by Crippen LogP contribution is 2.30. The van der Waals surface area contributed by atoms with Crippen molar-refractivity contribution in [1.82, 2.24) is 15.1 Å². The first kappa shape index (κ1) is 16.4. The number of benzene rings is 1. The zero-order valence-corrected chi connectivity index (χ0v) is 14.1. The predicted molar refractivity (Wildman–Crippen MR) is 90.1 cm³/mol. The van der Waals surface area contributed by atoms with E-state index in [1.54, 1.807) is 4.90 Å². The molecule has 2 heterocycles. The Balaban J connectivity index is 1.65. The number of rotatable bonds is 3. The first-order valence-corrected chi connectivity index (χ1v) is 8.44. The third-order valence-electron chi connectivity index (χ3n) is 4.86. The molecule has 1 N–H and O–H groups in total. The maximum absolute atomic E-state index is 12.8. The van der Waals surface area contributed by atoms with E-state index in [0.29, 0.717) is 13.1 Å². The molecule has 5 heteroatoms. The van der Waals surface area contributed by atoms with Crippen LogP contribution in [-0.4, -0.2) is 67.7 Å². The monoisotopic (exact) mass is 317 g/mol. The van der Waals surface area contributed by atoms with Gasteiger partial charge >= 0.3 is 0 Å². The number of piperidine rings is 1. The molecule has 5 nitrogen and oxygen atoms in total. The summed E-state index contributed by atoms with van der Waals surface area (Å²) in [6.45, 7) is 4.15. The van der Waals surface area contributed by atoms with Crippen LogP contribution >= 0.6 is 0 Å². The molecule has 2 saturated heterocycles. The van der Waals surface area contributed by atoms with E-state index in [9.17, 15) is 4.79 Å². The lowest BCUT2D eigenvalue weighted by Crippen LogP contribution is -2.61. The summed E-state index contributed by atoms with van der Waals surface area (Å²) in [5, 5.41) is 3.38. The number of ether oxygens (including phenoxy) is 1. The minimum absolute atomic E-state index is 0.0818. The molecule has 1 spiro atoms. The summed E-state index contributed by atoms with van der Waals surface area (Å²) in [4.78, 5) is 16.9. The van der Waals surface area contributed by atoms with Gasteiger partial charge in [0.1, 0.15) is 6.10 Å².